The van der Waals surface area contributed by atoms with E-state index in [4.69, 9.17) is 18.9 Å². The molecule has 0 saturated heterocycles. The van der Waals surface area contributed by atoms with Crippen molar-refractivity contribution in [1.82, 2.24) is 0 Å². The van der Waals surface area contributed by atoms with Crippen molar-refractivity contribution in [1.29, 1.82) is 0 Å². The SMILES string of the molecule is COc1ccc(CC(=O)Oc2ccc3c(c2C)O/C(=C\c2cc(Br)ccc2OC)C3=O)cc1. The van der Waals surface area contributed by atoms with Crippen LogP contribution in [0.5, 0.6) is 23.0 Å². The first-order valence-electron chi connectivity index (χ1n) is 10.1. The van der Waals surface area contributed by atoms with E-state index in [1.165, 1.54) is 0 Å². The summed E-state index contributed by atoms with van der Waals surface area (Å²) in [6.07, 6.45) is 1.74. The zero-order chi connectivity index (χ0) is 23.5. The van der Waals surface area contributed by atoms with E-state index in [2.05, 4.69) is 15.9 Å². The second kappa shape index (κ2) is 9.50. The third kappa shape index (κ3) is 4.78. The number of hydrogen-bond acceptors (Lipinski definition) is 6. The lowest BCUT2D eigenvalue weighted by Crippen LogP contribution is -2.12. The molecule has 0 aromatic heterocycles. The first-order valence-corrected chi connectivity index (χ1v) is 10.9. The van der Waals surface area contributed by atoms with Gasteiger partial charge in [0.2, 0.25) is 5.78 Å². The van der Waals surface area contributed by atoms with Crippen LogP contribution in [0.3, 0.4) is 0 Å². The van der Waals surface area contributed by atoms with Gasteiger partial charge in [-0.15, -0.1) is 0 Å². The maximum absolute atomic E-state index is 12.9. The van der Waals surface area contributed by atoms with Crippen molar-refractivity contribution in [3.8, 4) is 23.0 Å². The Morgan fingerprint density at radius 1 is 1.00 bits per heavy atom. The van der Waals surface area contributed by atoms with Crippen LogP contribution in [0.15, 0.2) is 64.8 Å². The van der Waals surface area contributed by atoms with Gasteiger partial charge in [0.1, 0.15) is 23.0 Å². The number of fused-ring (bicyclic) bond motifs is 1. The largest absolute Gasteiger partial charge is 0.497 e. The average Bonchev–Trinajstić information content (AvgIpc) is 3.12. The molecule has 0 fully saturated rings. The van der Waals surface area contributed by atoms with Crippen LogP contribution in [0, 0.1) is 6.92 Å². The van der Waals surface area contributed by atoms with Gasteiger partial charge in [-0.05, 0) is 61.0 Å². The maximum atomic E-state index is 12.9. The van der Waals surface area contributed by atoms with Crippen molar-refractivity contribution < 1.29 is 28.5 Å². The van der Waals surface area contributed by atoms with Gasteiger partial charge >= 0.3 is 5.97 Å². The second-order valence-electron chi connectivity index (χ2n) is 7.39. The molecule has 1 aliphatic heterocycles. The molecule has 0 atom stereocenters. The Kier molecular flexibility index (Phi) is 6.51. The standard InChI is InChI=1S/C26H21BrO6/c1-15-21(32-24(28)12-16-4-7-19(30-2)8-5-16)11-9-20-25(29)23(33-26(15)20)14-17-13-18(27)6-10-22(17)31-3/h4-11,13-14H,12H2,1-3H3/b23-14-. The molecule has 6 nitrogen and oxygen atoms in total. The highest BCUT2D eigenvalue weighted by molar-refractivity contribution is 9.10. The summed E-state index contributed by atoms with van der Waals surface area (Å²) in [7, 11) is 3.15. The number of Topliss-reactive ketones (excluding diaryl/α,β-unsaturated/α-hetero) is 1. The van der Waals surface area contributed by atoms with Gasteiger partial charge in [-0.1, -0.05) is 28.1 Å². The van der Waals surface area contributed by atoms with Crippen LogP contribution in [0.2, 0.25) is 0 Å². The topological polar surface area (TPSA) is 71.1 Å². The van der Waals surface area contributed by atoms with E-state index in [0.29, 0.717) is 39.7 Å². The van der Waals surface area contributed by atoms with Gasteiger partial charge in [-0.25, -0.2) is 0 Å². The molecule has 0 aliphatic carbocycles. The third-order valence-electron chi connectivity index (χ3n) is 5.25. The molecule has 0 radical (unpaired) electrons. The molecular weight excluding hydrogens is 488 g/mol. The van der Waals surface area contributed by atoms with Crippen molar-refractivity contribution in [2.75, 3.05) is 14.2 Å². The van der Waals surface area contributed by atoms with Crippen molar-refractivity contribution >= 4 is 33.8 Å². The van der Waals surface area contributed by atoms with Gasteiger partial charge in [0.25, 0.3) is 0 Å². The van der Waals surface area contributed by atoms with E-state index in [-0.39, 0.29) is 18.0 Å². The van der Waals surface area contributed by atoms with Crippen LogP contribution in [0.1, 0.15) is 27.0 Å². The minimum Gasteiger partial charge on any atom is -0.497 e. The number of esters is 1. The molecule has 0 bridgehead atoms. The number of benzene rings is 3. The first kappa shape index (κ1) is 22.6. The molecule has 1 heterocycles. The van der Waals surface area contributed by atoms with E-state index in [0.717, 1.165) is 10.0 Å². The summed E-state index contributed by atoms with van der Waals surface area (Å²) in [5.41, 5.74) is 2.50. The first-order chi connectivity index (χ1) is 15.9. The second-order valence-corrected chi connectivity index (χ2v) is 8.31. The highest BCUT2D eigenvalue weighted by Crippen LogP contribution is 2.40. The number of carbonyl (C=O) groups excluding carboxylic acids is 2. The van der Waals surface area contributed by atoms with E-state index < -0.39 is 5.97 Å². The molecular formula is C26H21BrO6. The molecule has 0 amide bonds. The lowest BCUT2D eigenvalue weighted by atomic mass is 10.1. The van der Waals surface area contributed by atoms with Gasteiger partial charge in [0.15, 0.2) is 5.76 Å². The monoisotopic (exact) mass is 508 g/mol. The summed E-state index contributed by atoms with van der Waals surface area (Å²) in [4.78, 5) is 25.4. The van der Waals surface area contributed by atoms with E-state index in [1.807, 2.05) is 24.3 Å². The number of ketones is 1. The fourth-order valence-electron chi connectivity index (χ4n) is 3.51. The van der Waals surface area contributed by atoms with Crippen molar-refractivity contribution in [2.24, 2.45) is 0 Å². The summed E-state index contributed by atoms with van der Waals surface area (Å²) >= 11 is 3.43. The molecule has 33 heavy (non-hydrogen) atoms. The van der Waals surface area contributed by atoms with Crippen LogP contribution in [0.25, 0.3) is 6.08 Å². The van der Waals surface area contributed by atoms with Gasteiger partial charge in [-0.2, -0.15) is 0 Å². The Bertz CT molecular complexity index is 1260. The zero-order valence-corrected chi connectivity index (χ0v) is 19.9. The van der Waals surface area contributed by atoms with Crippen molar-refractivity contribution in [3.63, 3.8) is 0 Å². The van der Waals surface area contributed by atoms with E-state index in [1.54, 1.807) is 57.6 Å². The molecule has 0 N–H and O–H groups in total. The van der Waals surface area contributed by atoms with Crippen LogP contribution in [0.4, 0.5) is 0 Å². The quantitative estimate of drug-likeness (QED) is 0.247. The Morgan fingerprint density at radius 3 is 2.42 bits per heavy atom. The minimum absolute atomic E-state index is 0.105. The summed E-state index contributed by atoms with van der Waals surface area (Å²) < 4.78 is 22.8. The lowest BCUT2D eigenvalue weighted by Gasteiger charge is -2.10. The number of allylic oxidation sites excluding steroid dienone is 1. The summed E-state index contributed by atoms with van der Waals surface area (Å²) in [5.74, 6) is 1.58. The normalized spacial score (nSPS) is 13.5. The summed E-state index contributed by atoms with van der Waals surface area (Å²) in [5, 5.41) is 0. The zero-order valence-electron chi connectivity index (χ0n) is 18.3. The van der Waals surface area contributed by atoms with Crippen LogP contribution in [-0.2, 0) is 11.2 Å². The Hall–Kier alpha value is -3.58. The van der Waals surface area contributed by atoms with Gasteiger partial charge < -0.3 is 18.9 Å². The molecule has 0 spiro atoms. The lowest BCUT2D eigenvalue weighted by molar-refractivity contribution is -0.133. The number of carbonyl (C=O) groups is 2. The average molecular weight is 509 g/mol. The highest BCUT2D eigenvalue weighted by Gasteiger charge is 2.31. The molecule has 3 aromatic carbocycles. The fraction of sp³-hybridized carbons (Fsp3) is 0.154. The molecule has 3 aromatic rings. The predicted molar refractivity (Wildman–Crippen MR) is 127 cm³/mol. The van der Waals surface area contributed by atoms with Crippen LogP contribution >= 0.6 is 15.9 Å². The van der Waals surface area contributed by atoms with E-state index >= 15 is 0 Å². The van der Waals surface area contributed by atoms with Crippen LogP contribution < -0.4 is 18.9 Å². The van der Waals surface area contributed by atoms with E-state index in [9.17, 15) is 9.59 Å². The molecule has 1 aliphatic rings. The third-order valence-corrected chi connectivity index (χ3v) is 5.74. The number of hydrogen-bond donors (Lipinski definition) is 0. The van der Waals surface area contributed by atoms with Crippen molar-refractivity contribution in [2.45, 2.75) is 13.3 Å². The highest BCUT2D eigenvalue weighted by atomic mass is 79.9. The van der Waals surface area contributed by atoms with Gasteiger partial charge in [0, 0.05) is 15.6 Å². The number of halogens is 1. The Morgan fingerprint density at radius 2 is 1.73 bits per heavy atom. The van der Waals surface area contributed by atoms with Crippen LogP contribution in [-0.4, -0.2) is 26.0 Å². The molecule has 4 rings (SSSR count). The number of methoxy groups -OCH3 is 2. The fourth-order valence-corrected chi connectivity index (χ4v) is 3.89. The summed E-state index contributed by atoms with van der Waals surface area (Å²) in [6, 6.07) is 15.9. The van der Waals surface area contributed by atoms with Gasteiger partial charge in [-0.3, -0.25) is 9.59 Å². The predicted octanol–water partition coefficient (Wildman–Crippen LogP) is 5.54. The molecule has 0 unspecified atom stereocenters. The van der Waals surface area contributed by atoms with Gasteiger partial charge in [0.05, 0.1) is 26.2 Å². The minimum atomic E-state index is -0.415. The maximum Gasteiger partial charge on any atom is 0.315 e. The number of rotatable bonds is 6. The summed E-state index contributed by atoms with van der Waals surface area (Å²) in [6.45, 7) is 1.75. The number of ether oxygens (including phenoxy) is 4. The van der Waals surface area contributed by atoms with Crippen molar-refractivity contribution in [3.05, 3.63) is 87.1 Å². The molecule has 168 valence electrons. The molecule has 7 heteroatoms. The Labute approximate surface area is 199 Å². The molecule has 0 saturated carbocycles. The Balaban J connectivity index is 1.54. The smallest absolute Gasteiger partial charge is 0.315 e.